The third-order valence-corrected chi connectivity index (χ3v) is 1.87. The van der Waals surface area contributed by atoms with Gasteiger partial charge in [-0.3, -0.25) is 4.68 Å². The van der Waals surface area contributed by atoms with E-state index in [4.69, 9.17) is 0 Å². The van der Waals surface area contributed by atoms with E-state index >= 15 is 0 Å². The highest BCUT2D eigenvalue weighted by Gasteiger charge is 2.14. The minimum atomic E-state index is -0.694. The number of nitrogens with zero attached hydrogens (tertiary/aromatic N) is 2. The first-order valence-corrected chi connectivity index (χ1v) is 5.63. The molecule has 0 amide bonds. The summed E-state index contributed by atoms with van der Waals surface area (Å²) >= 11 is 0. The standard InChI is InChI=1S/C10H18N2O.C2H6/c1-8(2)9-5-11-12(6-9)7-10(3,4)13;1-2/h5-6,8,13H,7H2,1-4H3;1-2H3. The third kappa shape index (κ3) is 5.57. The molecule has 0 spiro atoms. The Hall–Kier alpha value is -0.830. The van der Waals surface area contributed by atoms with E-state index in [2.05, 4.69) is 18.9 Å². The van der Waals surface area contributed by atoms with Gasteiger partial charge in [0.15, 0.2) is 0 Å². The number of aromatic nitrogens is 2. The zero-order chi connectivity index (χ0) is 12.1. The molecule has 0 saturated carbocycles. The number of hydrogen-bond donors (Lipinski definition) is 1. The summed E-state index contributed by atoms with van der Waals surface area (Å²) < 4.78 is 1.79. The van der Waals surface area contributed by atoms with Crippen LogP contribution < -0.4 is 0 Å². The maximum Gasteiger partial charge on any atom is 0.0786 e. The first-order valence-electron chi connectivity index (χ1n) is 5.63. The minimum absolute atomic E-state index is 0.496. The van der Waals surface area contributed by atoms with Crippen molar-refractivity contribution in [3.63, 3.8) is 0 Å². The zero-order valence-electron chi connectivity index (χ0n) is 10.8. The van der Waals surface area contributed by atoms with Gasteiger partial charge >= 0.3 is 0 Å². The van der Waals surface area contributed by atoms with Crippen LogP contribution in [0.2, 0.25) is 0 Å². The van der Waals surface area contributed by atoms with Crippen molar-refractivity contribution in [3.8, 4) is 0 Å². The summed E-state index contributed by atoms with van der Waals surface area (Å²) in [6, 6.07) is 0. The second-order valence-electron chi connectivity index (χ2n) is 4.44. The first-order chi connectivity index (χ1) is 6.88. The highest BCUT2D eigenvalue weighted by atomic mass is 16.3. The van der Waals surface area contributed by atoms with Gasteiger partial charge in [-0.05, 0) is 25.3 Å². The highest BCUT2D eigenvalue weighted by molar-refractivity contribution is 5.08. The lowest BCUT2D eigenvalue weighted by molar-refractivity contribution is 0.0577. The molecule has 0 bridgehead atoms. The molecular formula is C12H24N2O. The van der Waals surface area contributed by atoms with Crippen molar-refractivity contribution in [2.45, 2.75) is 59.6 Å². The van der Waals surface area contributed by atoms with Crippen molar-refractivity contribution in [1.82, 2.24) is 9.78 Å². The van der Waals surface area contributed by atoms with Crippen LogP contribution >= 0.6 is 0 Å². The molecule has 1 N–H and O–H groups in total. The van der Waals surface area contributed by atoms with Gasteiger partial charge in [0, 0.05) is 6.20 Å². The molecule has 1 aromatic heterocycles. The van der Waals surface area contributed by atoms with Crippen molar-refractivity contribution < 1.29 is 5.11 Å². The normalized spacial score (nSPS) is 11.2. The summed E-state index contributed by atoms with van der Waals surface area (Å²) in [6.07, 6.45) is 3.85. The molecule has 15 heavy (non-hydrogen) atoms. The summed E-state index contributed by atoms with van der Waals surface area (Å²) in [5.41, 5.74) is 0.518. The fourth-order valence-corrected chi connectivity index (χ4v) is 1.16. The molecule has 0 fully saturated rings. The molecule has 0 atom stereocenters. The Bertz CT molecular complexity index is 271. The smallest absolute Gasteiger partial charge is 0.0786 e. The number of hydrogen-bond acceptors (Lipinski definition) is 2. The topological polar surface area (TPSA) is 38.0 Å². The predicted molar refractivity (Wildman–Crippen MR) is 64.0 cm³/mol. The largest absolute Gasteiger partial charge is 0.389 e. The fraction of sp³-hybridized carbons (Fsp3) is 0.750. The van der Waals surface area contributed by atoms with Gasteiger partial charge in [0.1, 0.15) is 0 Å². The van der Waals surface area contributed by atoms with Crippen molar-refractivity contribution in [2.75, 3.05) is 0 Å². The Morgan fingerprint density at radius 3 is 2.27 bits per heavy atom. The van der Waals surface area contributed by atoms with E-state index in [1.165, 1.54) is 5.56 Å². The average molecular weight is 212 g/mol. The predicted octanol–water partition coefficient (Wildman–Crippen LogP) is 2.80. The van der Waals surface area contributed by atoms with E-state index in [-0.39, 0.29) is 0 Å². The van der Waals surface area contributed by atoms with Crippen LogP contribution in [0.4, 0.5) is 0 Å². The van der Waals surface area contributed by atoms with Crippen molar-refractivity contribution >= 4 is 0 Å². The lowest BCUT2D eigenvalue weighted by Gasteiger charge is -2.16. The summed E-state index contributed by atoms with van der Waals surface area (Å²) in [4.78, 5) is 0. The van der Waals surface area contributed by atoms with Crippen molar-refractivity contribution in [1.29, 1.82) is 0 Å². The maximum absolute atomic E-state index is 9.56. The Labute approximate surface area is 93.1 Å². The van der Waals surface area contributed by atoms with Gasteiger partial charge in [-0.1, -0.05) is 27.7 Å². The second kappa shape index (κ2) is 5.91. The molecule has 88 valence electrons. The van der Waals surface area contributed by atoms with E-state index in [9.17, 15) is 5.11 Å². The molecule has 1 aromatic rings. The molecule has 3 nitrogen and oxygen atoms in total. The Morgan fingerprint density at radius 2 is 1.93 bits per heavy atom. The molecular weight excluding hydrogens is 188 g/mol. The minimum Gasteiger partial charge on any atom is -0.389 e. The van der Waals surface area contributed by atoms with Crippen LogP contribution in [0.25, 0.3) is 0 Å². The summed E-state index contributed by atoms with van der Waals surface area (Å²) in [7, 11) is 0. The van der Waals surface area contributed by atoms with E-state index in [1.54, 1.807) is 18.5 Å². The molecule has 1 heterocycles. The van der Waals surface area contributed by atoms with Crippen molar-refractivity contribution in [3.05, 3.63) is 18.0 Å². The van der Waals surface area contributed by atoms with Gasteiger partial charge in [0.25, 0.3) is 0 Å². The van der Waals surface area contributed by atoms with Crippen LogP contribution in [-0.2, 0) is 6.54 Å². The summed E-state index contributed by atoms with van der Waals surface area (Å²) in [5, 5.41) is 13.7. The fourth-order valence-electron chi connectivity index (χ4n) is 1.16. The monoisotopic (exact) mass is 212 g/mol. The molecule has 1 rings (SSSR count). The van der Waals surface area contributed by atoms with Crippen LogP contribution in [0.1, 0.15) is 53.0 Å². The quantitative estimate of drug-likeness (QED) is 0.836. The average Bonchev–Trinajstić information content (AvgIpc) is 2.53. The Kier molecular flexibility index (Phi) is 5.58. The van der Waals surface area contributed by atoms with Gasteiger partial charge in [0.2, 0.25) is 0 Å². The van der Waals surface area contributed by atoms with Gasteiger partial charge < -0.3 is 5.11 Å². The van der Waals surface area contributed by atoms with E-state index in [0.29, 0.717) is 12.5 Å². The second-order valence-corrected chi connectivity index (χ2v) is 4.44. The van der Waals surface area contributed by atoms with Crippen LogP contribution in [0.15, 0.2) is 12.4 Å². The molecule has 0 radical (unpaired) electrons. The number of aliphatic hydroxyl groups is 1. The van der Waals surface area contributed by atoms with E-state index in [0.717, 1.165) is 0 Å². The van der Waals surface area contributed by atoms with Gasteiger partial charge in [0.05, 0.1) is 18.3 Å². The van der Waals surface area contributed by atoms with Gasteiger partial charge in [-0.25, -0.2) is 0 Å². The number of rotatable bonds is 3. The Balaban J connectivity index is 0.000000921. The van der Waals surface area contributed by atoms with Gasteiger partial charge in [-0.2, -0.15) is 5.10 Å². The molecule has 3 heteroatoms. The van der Waals surface area contributed by atoms with Gasteiger partial charge in [-0.15, -0.1) is 0 Å². The van der Waals surface area contributed by atoms with E-state index < -0.39 is 5.60 Å². The summed E-state index contributed by atoms with van der Waals surface area (Å²) in [5.74, 6) is 0.496. The Morgan fingerprint density at radius 1 is 1.40 bits per heavy atom. The SMILES string of the molecule is CC.CC(C)c1cnn(CC(C)(C)O)c1. The van der Waals surface area contributed by atoms with Crippen molar-refractivity contribution in [2.24, 2.45) is 0 Å². The highest BCUT2D eigenvalue weighted by Crippen LogP contribution is 2.13. The summed E-state index contributed by atoms with van der Waals surface area (Å²) in [6.45, 7) is 12.4. The van der Waals surface area contributed by atoms with Crippen LogP contribution in [0.5, 0.6) is 0 Å². The van der Waals surface area contributed by atoms with Crippen LogP contribution in [0.3, 0.4) is 0 Å². The molecule has 0 saturated heterocycles. The lowest BCUT2D eigenvalue weighted by atomic mass is 10.1. The van der Waals surface area contributed by atoms with E-state index in [1.807, 2.05) is 26.2 Å². The van der Waals surface area contributed by atoms with Crippen LogP contribution in [-0.4, -0.2) is 20.5 Å². The third-order valence-electron chi connectivity index (χ3n) is 1.87. The molecule has 0 aliphatic rings. The first kappa shape index (κ1) is 14.2. The molecule has 0 aromatic carbocycles. The molecule has 0 unspecified atom stereocenters. The lowest BCUT2D eigenvalue weighted by Crippen LogP contribution is -2.26. The molecule has 0 aliphatic carbocycles. The van der Waals surface area contributed by atoms with Crippen LogP contribution in [0, 0.1) is 0 Å². The zero-order valence-corrected chi connectivity index (χ0v) is 10.8. The maximum atomic E-state index is 9.56. The molecule has 0 aliphatic heterocycles.